The molecule has 0 amide bonds. The van der Waals surface area contributed by atoms with Crippen LogP contribution in [0.1, 0.15) is 21.5 Å². The number of ether oxygens (including phenoxy) is 4. The zero-order chi connectivity index (χ0) is 16.2. The van der Waals surface area contributed by atoms with Crippen molar-refractivity contribution in [1.29, 1.82) is 0 Å². The summed E-state index contributed by atoms with van der Waals surface area (Å²) in [6.45, 7) is 4.46. The Bertz CT molecular complexity index is 504. The second kappa shape index (κ2) is 10.8. The summed E-state index contributed by atoms with van der Waals surface area (Å²) in [7, 11) is 1.62. The van der Waals surface area contributed by atoms with Crippen molar-refractivity contribution in [3.05, 3.63) is 34.9 Å². The molecule has 0 bridgehead atoms. The van der Waals surface area contributed by atoms with Gasteiger partial charge < -0.3 is 18.9 Å². The van der Waals surface area contributed by atoms with Crippen LogP contribution in [0.2, 0.25) is 0 Å². The van der Waals surface area contributed by atoms with Gasteiger partial charge in [-0.1, -0.05) is 12.0 Å². The lowest BCUT2D eigenvalue weighted by Gasteiger charge is -2.07. The number of carbonyl (C=O) groups excluding carboxylic acids is 1. The molecule has 1 rings (SSSR count). The van der Waals surface area contributed by atoms with Crippen molar-refractivity contribution in [3.8, 4) is 12.3 Å². The smallest absolute Gasteiger partial charge is 0.338 e. The molecule has 0 fully saturated rings. The average Bonchev–Trinajstić information content (AvgIpc) is 2.53. The molecular weight excluding hydrogens is 284 g/mol. The fourth-order valence-electron chi connectivity index (χ4n) is 1.65. The second-order valence-electron chi connectivity index (χ2n) is 4.53. The molecule has 0 saturated heterocycles. The van der Waals surface area contributed by atoms with Crippen LogP contribution in [0, 0.1) is 19.3 Å². The lowest BCUT2D eigenvalue weighted by Crippen LogP contribution is -2.14. The number of terminal acetylenes is 1. The summed E-state index contributed by atoms with van der Waals surface area (Å²) in [6.07, 6.45) is 5.38. The van der Waals surface area contributed by atoms with E-state index in [1.165, 1.54) is 0 Å². The topological polar surface area (TPSA) is 54.0 Å². The molecule has 0 N–H and O–H groups in total. The van der Waals surface area contributed by atoms with Crippen molar-refractivity contribution < 1.29 is 23.7 Å². The number of methoxy groups -OCH3 is 1. The predicted octanol–water partition coefficient (Wildman–Crippen LogP) is 1.81. The summed E-state index contributed by atoms with van der Waals surface area (Å²) in [5.41, 5.74) is 2.09. The summed E-state index contributed by atoms with van der Waals surface area (Å²) >= 11 is 0. The third-order valence-electron chi connectivity index (χ3n) is 2.89. The van der Waals surface area contributed by atoms with E-state index in [9.17, 15) is 4.79 Å². The Hall–Kier alpha value is -1.87. The van der Waals surface area contributed by atoms with Gasteiger partial charge in [-0.2, -0.15) is 0 Å². The summed E-state index contributed by atoms with van der Waals surface area (Å²) < 4.78 is 20.5. The minimum Gasteiger partial charge on any atom is -0.460 e. The fourth-order valence-corrected chi connectivity index (χ4v) is 1.65. The molecular formula is C17H22O5. The van der Waals surface area contributed by atoms with Crippen molar-refractivity contribution in [1.82, 2.24) is 0 Å². The van der Waals surface area contributed by atoms with Gasteiger partial charge in [0.15, 0.2) is 0 Å². The van der Waals surface area contributed by atoms with E-state index >= 15 is 0 Å². The number of rotatable bonds is 10. The minimum atomic E-state index is -0.406. The average molecular weight is 306 g/mol. The van der Waals surface area contributed by atoms with Gasteiger partial charge in [-0.25, -0.2) is 4.79 Å². The maximum absolute atomic E-state index is 11.8. The van der Waals surface area contributed by atoms with E-state index in [2.05, 4.69) is 5.92 Å². The SMILES string of the molecule is C#Cc1cc(C(=O)OCCOCCOCCOC)ccc1C. The van der Waals surface area contributed by atoms with Gasteiger partial charge in [0, 0.05) is 12.7 Å². The largest absolute Gasteiger partial charge is 0.460 e. The van der Waals surface area contributed by atoms with Gasteiger partial charge in [0.1, 0.15) is 6.61 Å². The minimum absolute atomic E-state index is 0.191. The third kappa shape index (κ3) is 6.72. The van der Waals surface area contributed by atoms with E-state index in [4.69, 9.17) is 25.4 Å². The van der Waals surface area contributed by atoms with Gasteiger partial charge in [-0.3, -0.25) is 0 Å². The third-order valence-corrected chi connectivity index (χ3v) is 2.89. The van der Waals surface area contributed by atoms with Gasteiger partial charge in [-0.15, -0.1) is 6.42 Å². The summed E-state index contributed by atoms with van der Waals surface area (Å²) in [6, 6.07) is 5.16. The molecule has 5 nitrogen and oxygen atoms in total. The van der Waals surface area contributed by atoms with Gasteiger partial charge in [0.2, 0.25) is 0 Å². The number of aryl methyl sites for hydroxylation is 1. The first-order chi connectivity index (χ1) is 10.7. The molecule has 0 heterocycles. The molecule has 0 aliphatic carbocycles. The molecule has 0 aromatic heterocycles. The van der Waals surface area contributed by atoms with Crippen molar-refractivity contribution in [2.75, 3.05) is 46.8 Å². The molecule has 0 saturated carbocycles. The van der Waals surface area contributed by atoms with Crippen LogP contribution in [0.15, 0.2) is 18.2 Å². The van der Waals surface area contributed by atoms with Crippen molar-refractivity contribution in [2.45, 2.75) is 6.92 Å². The van der Waals surface area contributed by atoms with E-state index < -0.39 is 5.97 Å². The molecule has 22 heavy (non-hydrogen) atoms. The Kier molecular flexibility index (Phi) is 8.92. The van der Waals surface area contributed by atoms with Crippen LogP contribution in [0.25, 0.3) is 0 Å². The van der Waals surface area contributed by atoms with Crippen molar-refractivity contribution in [2.24, 2.45) is 0 Å². The van der Waals surface area contributed by atoms with E-state index in [-0.39, 0.29) is 6.61 Å². The Labute approximate surface area is 131 Å². The van der Waals surface area contributed by atoms with Crippen LogP contribution < -0.4 is 0 Å². The molecule has 120 valence electrons. The van der Waals surface area contributed by atoms with Gasteiger partial charge in [-0.05, 0) is 24.6 Å². The van der Waals surface area contributed by atoms with Crippen LogP contribution in [0.3, 0.4) is 0 Å². The Morgan fingerprint density at radius 1 is 1.09 bits per heavy atom. The zero-order valence-corrected chi connectivity index (χ0v) is 13.1. The molecule has 0 aliphatic rings. The Morgan fingerprint density at radius 3 is 2.36 bits per heavy atom. The standard InChI is InChI=1S/C17H22O5/c1-4-15-13-16(6-5-14(15)2)17(18)22-12-11-21-10-9-20-8-7-19-3/h1,5-6,13H,7-12H2,2-3H3. The first-order valence-corrected chi connectivity index (χ1v) is 7.08. The number of hydrogen-bond donors (Lipinski definition) is 0. The Balaban J connectivity index is 2.17. The lowest BCUT2D eigenvalue weighted by molar-refractivity contribution is 0.00570. The molecule has 1 aromatic rings. The van der Waals surface area contributed by atoms with Crippen molar-refractivity contribution in [3.63, 3.8) is 0 Å². The molecule has 0 unspecified atom stereocenters. The maximum atomic E-state index is 11.8. The fraction of sp³-hybridized carbons (Fsp3) is 0.471. The Morgan fingerprint density at radius 2 is 1.73 bits per heavy atom. The van der Waals surface area contributed by atoms with Crippen LogP contribution in [0.5, 0.6) is 0 Å². The highest BCUT2D eigenvalue weighted by atomic mass is 16.6. The van der Waals surface area contributed by atoms with E-state index in [1.807, 2.05) is 6.92 Å². The summed E-state index contributed by atoms with van der Waals surface area (Å²) in [5, 5.41) is 0. The zero-order valence-electron chi connectivity index (χ0n) is 13.1. The number of hydrogen-bond acceptors (Lipinski definition) is 5. The molecule has 5 heteroatoms. The van der Waals surface area contributed by atoms with Crippen LogP contribution in [-0.2, 0) is 18.9 Å². The summed E-state index contributed by atoms with van der Waals surface area (Å²) in [5.74, 6) is 2.13. The number of benzene rings is 1. The highest BCUT2D eigenvalue weighted by Gasteiger charge is 2.08. The van der Waals surface area contributed by atoms with E-state index in [0.717, 1.165) is 5.56 Å². The van der Waals surface area contributed by atoms with Crippen LogP contribution in [-0.4, -0.2) is 52.7 Å². The molecule has 0 aliphatic heterocycles. The number of esters is 1. The highest BCUT2D eigenvalue weighted by molar-refractivity contribution is 5.90. The molecule has 0 atom stereocenters. The van der Waals surface area contributed by atoms with Crippen molar-refractivity contribution >= 4 is 5.97 Å². The number of carbonyl (C=O) groups is 1. The van der Waals surface area contributed by atoms with Crippen LogP contribution in [0.4, 0.5) is 0 Å². The highest BCUT2D eigenvalue weighted by Crippen LogP contribution is 2.11. The first kappa shape index (κ1) is 18.2. The van der Waals surface area contributed by atoms with Crippen LogP contribution >= 0.6 is 0 Å². The molecule has 0 spiro atoms. The monoisotopic (exact) mass is 306 g/mol. The van der Waals surface area contributed by atoms with E-state index in [0.29, 0.717) is 44.2 Å². The molecule has 0 radical (unpaired) electrons. The lowest BCUT2D eigenvalue weighted by atomic mass is 10.1. The quantitative estimate of drug-likeness (QED) is 0.375. The van der Waals surface area contributed by atoms with Gasteiger partial charge in [0.05, 0.1) is 38.6 Å². The summed E-state index contributed by atoms with van der Waals surface area (Å²) in [4.78, 5) is 11.8. The second-order valence-corrected chi connectivity index (χ2v) is 4.53. The molecule has 1 aromatic carbocycles. The van der Waals surface area contributed by atoms with Gasteiger partial charge >= 0.3 is 5.97 Å². The maximum Gasteiger partial charge on any atom is 0.338 e. The van der Waals surface area contributed by atoms with Gasteiger partial charge in [0.25, 0.3) is 0 Å². The predicted molar refractivity (Wildman–Crippen MR) is 82.9 cm³/mol. The first-order valence-electron chi connectivity index (χ1n) is 7.08. The normalized spacial score (nSPS) is 10.2. The van der Waals surface area contributed by atoms with E-state index in [1.54, 1.807) is 25.3 Å².